The lowest BCUT2D eigenvalue weighted by molar-refractivity contribution is -0.385. The number of alkyl halides is 3. The first-order chi connectivity index (χ1) is 66.8. The maximum absolute atomic E-state index is 13.3. The van der Waals surface area contributed by atoms with Gasteiger partial charge >= 0.3 is 30.0 Å². The first kappa shape index (κ1) is 114. The van der Waals surface area contributed by atoms with E-state index in [1.165, 1.54) is 64.3 Å². The molecule has 41 heteroatoms. The van der Waals surface area contributed by atoms with E-state index in [4.69, 9.17) is 57.8 Å². The summed E-state index contributed by atoms with van der Waals surface area (Å²) >= 11 is 5.43. The number of rotatable bonds is 34. The number of thiocarbonyl (C=S) groups is 1. The van der Waals surface area contributed by atoms with E-state index in [0.717, 1.165) is 184 Å². The number of aryl methyl sites for hydroxylation is 9. The van der Waals surface area contributed by atoms with Gasteiger partial charge in [-0.25, -0.2) is 45.1 Å². The molecule has 1 saturated carbocycles. The normalized spacial score (nSPS) is 12.6. The van der Waals surface area contributed by atoms with E-state index in [-0.39, 0.29) is 62.7 Å². The third-order valence-electron chi connectivity index (χ3n) is 20.8. The standard InChI is InChI=1S/C23H18F3N5OS.C22H28N4O2.C17H21N3O4.C12H15N3O2.C11H13NO4.C10H11NO3.2C2H8N2/c1-27-19-10-9-17(13-18(19)23(24,25)26)31-21(32)14-30(22(31)33)16-7-5-15(6-8-16)3-2-4-20-28-11-12-29-20;1-21(2,3)28-20(27)26-16-15-24-19(26)8-5-7-17-9-11-18(12-10-17)25-22(23-4)13-6-14-22;1-17(2,3)24-16(21)19-12-11-18-15(19)6-4-5-13-7-9-14(10-8-13)20(22)23;16-15(17)11-6-4-10(5-7-11)2-1-3-12-13-8-9-14-12;1-16-11(13)4-2-3-9-5-7-10(8-6-9)12(14)15;12-8-2-1-3-9-4-6-10(7-5-9)11(13)14;2*3-1-2-4/h5-13H,2-4,14H2,(H,28,29);9-12,15-16,25H,5-8,13-14H2,1-3H3;7-12H,4-6H2,1-3H3;4-7H,1-3,8-9H2,(H,13,14);5-8H,2-4H2,1H3;4-8H,1-3H2;2*1-4H2. The number of non-ortho nitro benzene ring substituents is 4. The number of benzene rings is 7. The maximum atomic E-state index is 13.3. The average Bonchev–Trinajstić information content (AvgIpc) is 1.61. The fourth-order valence-corrected chi connectivity index (χ4v) is 13.9. The quantitative estimate of drug-likeness (QED) is 0.00288. The van der Waals surface area contributed by atoms with Gasteiger partial charge in [0.15, 0.2) is 10.8 Å². The number of nitrogens with one attached hydrogen (secondary N) is 3. The summed E-state index contributed by atoms with van der Waals surface area (Å²) in [5.41, 5.74) is 25.1. The van der Waals surface area contributed by atoms with Crippen molar-refractivity contribution in [3.05, 3.63) is 321 Å². The minimum atomic E-state index is -4.72. The molecule has 1 saturated heterocycles. The lowest BCUT2D eigenvalue weighted by atomic mass is 9.85. The predicted molar refractivity (Wildman–Crippen MR) is 533 cm³/mol. The van der Waals surface area contributed by atoms with Crippen LogP contribution in [-0.2, 0) is 92.6 Å². The molecular weight excluding hydrogens is 1830 g/mol. The van der Waals surface area contributed by atoms with Crippen molar-refractivity contribution < 1.29 is 71.0 Å². The van der Waals surface area contributed by atoms with Gasteiger partial charge in [-0.15, -0.1) is 0 Å². The maximum Gasteiger partial charge on any atom is 0.419 e. The van der Waals surface area contributed by atoms with Crippen LogP contribution in [0.3, 0.4) is 0 Å². The van der Waals surface area contributed by atoms with Crippen LogP contribution >= 0.6 is 12.2 Å². The number of ether oxygens (including phenoxy) is 3. The summed E-state index contributed by atoms with van der Waals surface area (Å²) in [6.07, 6.45) is 22.3. The number of carbonyl (C=O) groups excluding carboxylic acids is 5. The van der Waals surface area contributed by atoms with Crippen molar-refractivity contribution in [2.45, 2.75) is 199 Å². The zero-order valence-corrected chi connectivity index (χ0v) is 80.4. The summed E-state index contributed by atoms with van der Waals surface area (Å²) < 4.78 is 58.2. The number of nitrogens with zero attached hydrogens (tertiary/aromatic N) is 14. The van der Waals surface area contributed by atoms with Crippen LogP contribution < -0.4 is 43.4 Å². The van der Waals surface area contributed by atoms with E-state index in [1.54, 1.807) is 90.6 Å². The van der Waals surface area contributed by atoms with E-state index in [2.05, 4.69) is 62.1 Å². The Balaban J connectivity index is 0.000000259. The summed E-state index contributed by atoms with van der Waals surface area (Å²) in [5, 5.41) is 48.5. The number of unbranched alkanes of at least 4 members (excludes halogenated alkanes) is 1. The minimum Gasteiger partial charge on any atom is -0.469 e. The molecule has 746 valence electrons. The van der Waals surface area contributed by atoms with Crippen molar-refractivity contribution in [2.24, 2.45) is 27.9 Å². The lowest BCUT2D eigenvalue weighted by Crippen LogP contribution is -2.41. The molecule has 0 spiro atoms. The Kier molecular flexibility index (Phi) is 47.7. The number of halogens is 3. The minimum absolute atomic E-state index is 0.0122. The van der Waals surface area contributed by atoms with Crippen molar-refractivity contribution in [3.63, 3.8) is 0 Å². The number of nitrogens with two attached hydrogens (primary N) is 4. The van der Waals surface area contributed by atoms with Gasteiger partial charge in [0.25, 0.3) is 28.7 Å². The Morgan fingerprint density at radius 3 is 1.32 bits per heavy atom. The Labute approximate surface area is 816 Å². The highest BCUT2D eigenvalue weighted by Gasteiger charge is 2.44. The number of H-pyrrole nitrogens is 1. The van der Waals surface area contributed by atoms with Crippen LogP contribution in [0, 0.1) is 53.6 Å². The summed E-state index contributed by atoms with van der Waals surface area (Å²) in [4.78, 5) is 128. The fourth-order valence-electron chi connectivity index (χ4n) is 13.5. The Morgan fingerprint density at radius 1 is 0.557 bits per heavy atom. The predicted octanol–water partition coefficient (Wildman–Crippen LogP) is 18.0. The number of amidine groups is 1. The highest BCUT2D eigenvalue weighted by molar-refractivity contribution is 7.81. The second-order valence-corrected chi connectivity index (χ2v) is 34.2. The number of esters is 1. The van der Waals surface area contributed by atoms with E-state index >= 15 is 0 Å². The van der Waals surface area contributed by atoms with Crippen LogP contribution in [-0.4, -0.2) is 160 Å². The first-order valence-corrected chi connectivity index (χ1v) is 45.8. The molecule has 10 aromatic rings. The molecular formula is C99H122F3N21O16S. The number of aromatic nitrogens is 6. The molecule has 2 fully saturated rings. The molecule has 1 aliphatic carbocycles. The molecule has 1 amide bonds. The SMILES string of the molecule is CC(C)(C)OC(=O)n1ccnc1CCCc1ccc([N+](=O)[O-])cc1.COC(=O)CCCc1ccc([N+](=O)[O-])cc1.NCCN.NCCN.O=CCCCc1ccc([N+](=O)[O-])cc1.O=[N+]([O-])c1ccc(CCCC2=NCCN2)cc1.[C-]#[N+]C1(Nc2ccc(CCCc3nccn3C(=O)OC(C)(C)C)cc2)CCC1.[C-]#[N+]c1ccc(N2C(=O)CN(c3ccc(CCCc4ncc[nH]4)cc3)C2=S)cc1C(F)(F)F. The number of aldehydes is 1. The average molecular weight is 1950 g/mol. The van der Waals surface area contributed by atoms with Crippen LogP contribution in [0.25, 0.3) is 9.69 Å². The van der Waals surface area contributed by atoms with Gasteiger partial charge in [0.05, 0.1) is 51.3 Å². The largest absolute Gasteiger partial charge is 0.469 e. The topological polar surface area (TPSA) is 506 Å². The number of imidazole rings is 3. The number of nitro benzene ring substituents is 4. The molecule has 7 aromatic carbocycles. The smallest absolute Gasteiger partial charge is 0.419 e. The first-order valence-electron chi connectivity index (χ1n) is 45.4. The number of aromatic amines is 1. The van der Waals surface area contributed by atoms with Crippen LogP contribution in [0.2, 0.25) is 0 Å². The van der Waals surface area contributed by atoms with Crippen LogP contribution in [0.1, 0.15) is 175 Å². The van der Waals surface area contributed by atoms with Gasteiger partial charge in [-0.05, 0) is 207 Å². The summed E-state index contributed by atoms with van der Waals surface area (Å²) in [6.45, 7) is 29.5. The highest BCUT2D eigenvalue weighted by Crippen LogP contribution is 2.41. The molecule has 37 nitrogen and oxygen atoms in total. The summed E-state index contributed by atoms with van der Waals surface area (Å²) in [5.74, 6) is 2.72. The highest BCUT2D eigenvalue weighted by atomic mass is 32.1. The van der Waals surface area contributed by atoms with E-state index in [0.29, 0.717) is 76.2 Å². The molecule has 13 rings (SSSR count). The number of carbonyl (C=O) groups is 5. The third kappa shape index (κ3) is 40.4. The second kappa shape index (κ2) is 58.6. The zero-order chi connectivity index (χ0) is 103. The van der Waals surface area contributed by atoms with Crippen LogP contribution in [0.15, 0.2) is 206 Å². The van der Waals surface area contributed by atoms with Crippen molar-refractivity contribution in [1.82, 2.24) is 34.4 Å². The van der Waals surface area contributed by atoms with Gasteiger partial charge in [0, 0.05) is 187 Å². The van der Waals surface area contributed by atoms with Gasteiger partial charge in [-0.3, -0.25) is 64.8 Å². The number of amides is 1. The molecule has 5 heterocycles. The van der Waals surface area contributed by atoms with E-state index < -0.39 is 55.4 Å². The molecule has 0 bridgehead atoms. The third-order valence-corrected chi connectivity index (χ3v) is 21.2. The zero-order valence-electron chi connectivity index (χ0n) is 79.6. The second-order valence-electron chi connectivity index (χ2n) is 33.8. The molecule has 0 atom stereocenters. The number of hydrogen-bond donors (Lipinski definition) is 7. The van der Waals surface area contributed by atoms with Crippen molar-refractivity contribution >= 4 is 99.0 Å². The molecule has 2 aliphatic heterocycles. The lowest BCUT2D eigenvalue weighted by Gasteiger charge is -2.31. The molecule has 0 unspecified atom stereocenters. The van der Waals surface area contributed by atoms with E-state index in [9.17, 15) is 77.6 Å². The molecule has 0 radical (unpaired) electrons. The Morgan fingerprint density at radius 2 is 0.964 bits per heavy atom. The summed E-state index contributed by atoms with van der Waals surface area (Å²) in [6, 6.07) is 45.0. The van der Waals surface area contributed by atoms with Gasteiger partial charge in [0.2, 0.25) is 0 Å². The number of nitro groups is 4. The van der Waals surface area contributed by atoms with Crippen molar-refractivity contribution in [2.75, 3.05) is 68.0 Å². The van der Waals surface area contributed by atoms with Crippen LogP contribution in [0.5, 0.6) is 0 Å². The number of aliphatic imine (C=N–C) groups is 1. The number of anilines is 3. The van der Waals surface area contributed by atoms with Crippen molar-refractivity contribution in [3.8, 4) is 0 Å². The van der Waals surface area contributed by atoms with Gasteiger partial charge in [-0.1, -0.05) is 78.9 Å². The van der Waals surface area contributed by atoms with Crippen LogP contribution in [0.4, 0.5) is 68.3 Å². The van der Waals surface area contributed by atoms with Crippen molar-refractivity contribution in [1.29, 1.82) is 0 Å². The Bertz CT molecular complexity index is 5710. The van der Waals surface area contributed by atoms with Gasteiger partial charge in [0.1, 0.15) is 41.5 Å². The monoisotopic (exact) mass is 1950 g/mol. The molecule has 3 aromatic heterocycles. The van der Waals surface area contributed by atoms with Gasteiger partial charge in [-0.2, -0.15) is 13.2 Å². The molecule has 3 aliphatic rings. The Hall–Kier alpha value is -14.9. The number of hydrogen-bond acceptors (Lipinski definition) is 27. The number of methoxy groups -OCH3 is 1. The van der Waals surface area contributed by atoms with E-state index in [1.807, 2.05) is 90.1 Å². The summed E-state index contributed by atoms with van der Waals surface area (Å²) in [7, 11) is 1.36. The molecule has 11 N–H and O–H groups in total. The fraction of sp³-hybridized carbons (Fsp3) is 0.394. The van der Waals surface area contributed by atoms with Gasteiger partial charge < -0.3 is 62.5 Å². The molecule has 140 heavy (non-hydrogen) atoms.